The SMILES string of the molecule is CC(C(=O)N1CCOCC1)N(C)CCC#N. The lowest BCUT2D eigenvalue weighted by Crippen LogP contribution is -2.49. The molecule has 16 heavy (non-hydrogen) atoms. The molecule has 90 valence electrons. The molecule has 0 aliphatic carbocycles. The van der Waals surface area contributed by atoms with Crippen molar-refractivity contribution in [1.82, 2.24) is 9.80 Å². The number of nitriles is 1. The van der Waals surface area contributed by atoms with Crippen LogP contribution in [-0.4, -0.2) is 61.6 Å². The summed E-state index contributed by atoms with van der Waals surface area (Å²) in [5.41, 5.74) is 0. The summed E-state index contributed by atoms with van der Waals surface area (Å²) in [4.78, 5) is 15.8. The first kappa shape index (κ1) is 12.9. The molecule has 0 saturated carbocycles. The molecule has 1 rings (SSSR count). The smallest absolute Gasteiger partial charge is 0.239 e. The van der Waals surface area contributed by atoms with E-state index in [9.17, 15) is 4.79 Å². The van der Waals surface area contributed by atoms with Gasteiger partial charge in [-0.2, -0.15) is 5.26 Å². The Bertz CT molecular complexity index is 269. The lowest BCUT2D eigenvalue weighted by molar-refractivity contribution is -0.140. The van der Waals surface area contributed by atoms with E-state index in [0.29, 0.717) is 39.3 Å². The molecule has 1 aliphatic heterocycles. The fourth-order valence-corrected chi connectivity index (χ4v) is 1.66. The number of ether oxygens (including phenoxy) is 1. The number of nitrogens with zero attached hydrogens (tertiary/aromatic N) is 3. The van der Waals surface area contributed by atoms with Gasteiger partial charge in [-0.1, -0.05) is 0 Å². The standard InChI is InChI=1S/C11H19N3O2/c1-10(13(2)5-3-4-12)11(15)14-6-8-16-9-7-14/h10H,3,5-9H2,1-2H3. The predicted molar refractivity (Wildman–Crippen MR) is 59.7 cm³/mol. The molecule has 0 radical (unpaired) electrons. The molecule has 0 aromatic carbocycles. The summed E-state index contributed by atoms with van der Waals surface area (Å²) >= 11 is 0. The van der Waals surface area contributed by atoms with E-state index in [1.165, 1.54) is 0 Å². The Morgan fingerprint density at radius 2 is 2.19 bits per heavy atom. The van der Waals surface area contributed by atoms with Crippen LogP contribution in [0, 0.1) is 11.3 Å². The van der Waals surface area contributed by atoms with Gasteiger partial charge in [0.2, 0.25) is 5.91 Å². The highest BCUT2D eigenvalue weighted by atomic mass is 16.5. The van der Waals surface area contributed by atoms with Crippen LogP contribution in [0.1, 0.15) is 13.3 Å². The minimum absolute atomic E-state index is 0.128. The molecule has 0 bridgehead atoms. The zero-order valence-electron chi connectivity index (χ0n) is 9.98. The predicted octanol–water partition coefficient (Wildman–Crippen LogP) is 0.0792. The summed E-state index contributed by atoms with van der Waals surface area (Å²) in [5, 5.41) is 8.50. The van der Waals surface area contributed by atoms with Crippen LogP contribution in [-0.2, 0) is 9.53 Å². The first-order chi connectivity index (χ1) is 7.66. The molecule has 5 nitrogen and oxygen atoms in total. The second kappa shape index (κ2) is 6.46. The summed E-state index contributed by atoms with van der Waals surface area (Å²) in [6.45, 7) is 5.12. The van der Waals surface area contributed by atoms with Gasteiger partial charge < -0.3 is 9.64 Å². The largest absolute Gasteiger partial charge is 0.378 e. The van der Waals surface area contributed by atoms with Gasteiger partial charge in [-0.25, -0.2) is 0 Å². The average Bonchev–Trinajstić information content (AvgIpc) is 2.35. The Hall–Kier alpha value is -1.12. The molecule has 1 amide bonds. The van der Waals surface area contributed by atoms with Gasteiger partial charge in [-0.15, -0.1) is 0 Å². The van der Waals surface area contributed by atoms with Crippen LogP contribution in [0.2, 0.25) is 0 Å². The van der Waals surface area contributed by atoms with Crippen molar-refractivity contribution < 1.29 is 9.53 Å². The van der Waals surface area contributed by atoms with Gasteiger partial charge in [-0.3, -0.25) is 9.69 Å². The zero-order valence-corrected chi connectivity index (χ0v) is 9.98. The van der Waals surface area contributed by atoms with E-state index in [-0.39, 0.29) is 11.9 Å². The third kappa shape index (κ3) is 3.47. The van der Waals surface area contributed by atoms with Crippen molar-refractivity contribution in [2.24, 2.45) is 0 Å². The Labute approximate surface area is 96.6 Å². The van der Waals surface area contributed by atoms with E-state index in [2.05, 4.69) is 6.07 Å². The first-order valence-corrected chi connectivity index (χ1v) is 5.60. The van der Waals surface area contributed by atoms with E-state index in [1.54, 1.807) is 0 Å². The Balaban J connectivity index is 2.42. The third-order valence-corrected chi connectivity index (χ3v) is 2.92. The van der Waals surface area contributed by atoms with E-state index in [0.717, 1.165) is 0 Å². The number of morpholine rings is 1. The highest BCUT2D eigenvalue weighted by molar-refractivity contribution is 5.81. The van der Waals surface area contributed by atoms with Crippen LogP contribution in [0.5, 0.6) is 0 Å². The quantitative estimate of drug-likeness (QED) is 0.680. The maximum Gasteiger partial charge on any atom is 0.239 e. The summed E-state index contributed by atoms with van der Waals surface area (Å²) in [7, 11) is 1.88. The van der Waals surface area contributed by atoms with Crippen LogP contribution in [0.25, 0.3) is 0 Å². The fourth-order valence-electron chi connectivity index (χ4n) is 1.66. The number of hydrogen-bond acceptors (Lipinski definition) is 4. The molecule has 0 spiro atoms. The molecule has 0 N–H and O–H groups in total. The summed E-state index contributed by atoms with van der Waals surface area (Å²) in [6.07, 6.45) is 0.456. The second-order valence-corrected chi connectivity index (χ2v) is 4.00. The Morgan fingerprint density at radius 1 is 1.56 bits per heavy atom. The van der Waals surface area contributed by atoms with Gasteiger partial charge in [0.05, 0.1) is 25.3 Å². The maximum absolute atomic E-state index is 12.0. The van der Waals surface area contributed by atoms with Gasteiger partial charge in [0, 0.05) is 26.1 Å². The van der Waals surface area contributed by atoms with E-state index in [1.807, 2.05) is 23.8 Å². The van der Waals surface area contributed by atoms with Crippen molar-refractivity contribution >= 4 is 5.91 Å². The average molecular weight is 225 g/mol. The number of likely N-dealkylation sites (N-methyl/N-ethyl adjacent to an activating group) is 1. The topological polar surface area (TPSA) is 56.6 Å². The molecule has 0 aromatic rings. The molecule has 5 heteroatoms. The molecule has 1 fully saturated rings. The third-order valence-electron chi connectivity index (χ3n) is 2.92. The van der Waals surface area contributed by atoms with Crippen LogP contribution in [0.4, 0.5) is 0 Å². The fraction of sp³-hybridized carbons (Fsp3) is 0.818. The highest BCUT2D eigenvalue weighted by Gasteiger charge is 2.24. The van der Waals surface area contributed by atoms with E-state index in [4.69, 9.17) is 10.00 Å². The lowest BCUT2D eigenvalue weighted by atomic mass is 10.2. The highest BCUT2D eigenvalue weighted by Crippen LogP contribution is 2.05. The molecule has 1 unspecified atom stereocenters. The normalized spacial score (nSPS) is 18.2. The number of amides is 1. The maximum atomic E-state index is 12.0. The van der Waals surface area contributed by atoms with Crippen molar-refractivity contribution in [3.8, 4) is 6.07 Å². The summed E-state index contributed by atoms with van der Waals surface area (Å²) in [6, 6.07) is 1.92. The summed E-state index contributed by atoms with van der Waals surface area (Å²) in [5.74, 6) is 0.128. The van der Waals surface area contributed by atoms with E-state index < -0.39 is 0 Å². The number of rotatable bonds is 4. The van der Waals surface area contributed by atoms with Crippen molar-refractivity contribution in [2.75, 3.05) is 39.9 Å². The van der Waals surface area contributed by atoms with Crippen LogP contribution >= 0.6 is 0 Å². The number of carbonyl (C=O) groups is 1. The first-order valence-electron chi connectivity index (χ1n) is 5.60. The van der Waals surface area contributed by atoms with Crippen molar-refractivity contribution in [3.63, 3.8) is 0 Å². The molecule has 1 atom stereocenters. The lowest BCUT2D eigenvalue weighted by Gasteiger charge is -2.32. The van der Waals surface area contributed by atoms with Gasteiger partial charge in [0.25, 0.3) is 0 Å². The van der Waals surface area contributed by atoms with Gasteiger partial charge in [-0.05, 0) is 14.0 Å². The van der Waals surface area contributed by atoms with Gasteiger partial charge in [0.15, 0.2) is 0 Å². The van der Waals surface area contributed by atoms with E-state index >= 15 is 0 Å². The molecule has 1 saturated heterocycles. The Kier molecular flexibility index (Phi) is 5.23. The molecule has 1 aliphatic rings. The van der Waals surface area contributed by atoms with Crippen LogP contribution in [0.3, 0.4) is 0 Å². The van der Waals surface area contributed by atoms with Crippen molar-refractivity contribution in [1.29, 1.82) is 5.26 Å². The Morgan fingerprint density at radius 3 is 2.75 bits per heavy atom. The number of carbonyl (C=O) groups excluding carboxylic acids is 1. The molecular weight excluding hydrogens is 206 g/mol. The minimum atomic E-state index is -0.161. The second-order valence-electron chi connectivity index (χ2n) is 4.00. The van der Waals surface area contributed by atoms with Crippen LogP contribution < -0.4 is 0 Å². The molecule has 1 heterocycles. The monoisotopic (exact) mass is 225 g/mol. The minimum Gasteiger partial charge on any atom is -0.378 e. The summed E-state index contributed by atoms with van der Waals surface area (Å²) < 4.78 is 5.20. The van der Waals surface area contributed by atoms with Crippen molar-refractivity contribution in [3.05, 3.63) is 0 Å². The number of hydrogen-bond donors (Lipinski definition) is 0. The van der Waals surface area contributed by atoms with Crippen molar-refractivity contribution in [2.45, 2.75) is 19.4 Å². The molecule has 0 aromatic heterocycles. The van der Waals surface area contributed by atoms with Gasteiger partial charge >= 0.3 is 0 Å². The van der Waals surface area contributed by atoms with Crippen LogP contribution in [0.15, 0.2) is 0 Å². The zero-order chi connectivity index (χ0) is 12.0. The molecular formula is C11H19N3O2. The van der Waals surface area contributed by atoms with Gasteiger partial charge in [0.1, 0.15) is 0 Å².